The zero-order valence-electron chi connectivity index (χ0n) is 13.4. The van der Waals surface area contributed by atoms with E-state index in [4.69, 9.17) is 0 Å². The second kappa shape index (κ2) is 7.56. The molecule has 1 aromatic heterocycles. The summed E-state index contributed by atoms with van der Waals surface area (Å²) in [5.41, 5.74) is 0. The van der Waals surface area contributed by atoms with Crippen molar-refractivity contribution < 1.29 is 14.4 Å². The normalized spacial score (nSPS) is 17.6. The maximum absolute atomic E-state index is 11.9. The number of nitrogens with zero attached hydrogens (tertiary/aromatic N) is 4. The molecule has 1 N–H and O–H groups in total. The Kier molecular flexibility index (Phi) is 5.44. The lowest BCUT2D eigenvalue weighted by Crippen LogP contribution is -2.38. The van der Waals surface area contributed by atoms with Crippen molar-refractivity contribution in [3.8, 4) is 0 Å². The molecule has 0 unspecified atom stereocenters. The minimum Gasteiger partial charge on any atom is -0.354 e. The summed E-state index contributed by atoms with van der Waals surface area (Å²) in [6, 6.07) is 0. The van der Waals surface area contributed by atoms with Crippen LogP contribution in [0.1, 0.15) is 31.5 Å². The molecule has 3 rings (SSSR count). The van der Waals surface area contributed by atoms with Crippen molar-refractivity contribution >= 4 is 40.6 Å². The van der Waals surface area contributed by atoms with Crippen LogP contribution in [0.4, 0.5) is 4.79 Å². The van der Waals surface area contributed by atoms with Gasteiger partial charge in [0.25, 0.3) is 5.24 Å². The molecular weight excluding hydrogens is 350 g/mol. The van der Waals surface area contributed by atoms with Gasteiger partial charge in [-0.25, -0.2) is 0 Å². The molecule has 1 saturated heterocycles. The highest BCUT2D eigenvalue weighted by Crippen LogP contribution is 2.39. The maximum Gasteiger partial charge on any atom is 0.288 e. The molecule has 1 aromatic rings. The number of rotatable bonds is 8. The molecule has 1 saturated carbocycles. The zero-order chi connectivity index (χ0) is 17.1. The zero-order valence-corrected chi connectivity index (χ0v) is 15.0. The van der Waals surface area contributed by atoms with Crippen LogP contribution in [0.2, 0.25) is 0 Å². The van der Waals surface area contributed by atoms with Gasteiger partial charge in [-0.05, 0) is 19.8 Å². The molecule has 2 heterocycles. The summed E-state index contributed by atoms with van der Waals surface area (Å²) in [4.78, 5) is 36.0. The van der Waals surface area contributed by atoms with E-state index in [9.17, 15) is 14.4 Å². The third-order valence-corrected chi connectivity index (χ3v) is 5.66. The summed E-state index contributed by atoms with van der Waals surface area (Å²) in [5.74, 6) is 1.62. The van der Waals surface area contributed by atoms with Gasteiger partial charge in [-0.1, -0.05) is 23.5 Å². The standard InChI is InChI=1S/C14H19N5O3S2/c1-2-18-12(9-3-4-9)16-17-13(18)23-7-10(20)15-5-6-19-11(21)8-24-14(19)22/h9H,2-8H2,1H3,(H,15,20). The SMILES string of the molecule is CCn1c(SCC(=O)NCCN2C(=O)CSC2=O)nnc1C1CC1. The second-order valence-corrected chi connectivity index (χ2v) is 7.47. The van der Waals surface area contributed by atoms with Crippen molar-refractivity contribution in [3.05, 3.63) is 5.82 Å². The lowest BCUT2D eigenvalue weighted by molar-refractivity contribution is -0.125. The monoisotopic (exact) mass is 369 g/mol. The van der Waals surface area contributed by atoms with Crippen molar-refractivity contribution in [1.29, 1.82) is 0 Å². The number of nitrogens with one attached hydrogen (secondary N) is 1. The Morgan fingerprint density at radius 3 is 2.79 bits per heavy atom. The molecule has 2 aliphatic rings. The molecule has 24 heavy (non-hydrogen) atoms. The van der Waals surface area contributed by atoms with Gasteiger partial charge in [0, 0.05) is 25.6 Å². The molecule has 1 aliphatic carbocycles. The van der Waals surface area contributed by atoms with Crippen molar-refractivity contribution in [2.45, 2.75) is 37.4 Å². The van der Waals surface area contributed by atoms with E-state index in [1.54, 1.807) is 0 Å². The van der Waals surface area contributed by atoms with Crippen molar-refractivity contribution in [3.63, 3.8) is 0 Å². The third-order valence-electron chi connectivity index (χ3n) is 3.83. The molecule has 1 aliphatic heterocycles. The number of thioether (sulfide) groups is 2. The molecule has 130 valence electrons. The molecule has 0 atom stereocenters. The van der Waals surface area contributed by atoms with E-state index in [2.05, 4.69) is 20.1 Å². The molecule has 2 fully saturated rings. The summed E-state index contributed by atoms with van der Waals surface area (Å²) in [5, 5.41) is 11.7. The van der Waals surface area contributed by atoms with Crippen LogP contribution in [0.25, 0.3) is 0 Å². The van der Waals surface area contributed by atoms with E-state index >= 15 is 0 Å². The predicted octanol–water partition coefficient (Wildman–Crippen LogP) is 1.08. The highest BCUT2D eigenvalue weighted by atomic mass is 32.2. The fraction of sp³-hybridized carbons (Fsp3) is 0.643. The number of imide groups is 1. The lowest BCUT2D eigenvalue weighted by atomic mass is 10.4. The molecule has 0 bridgehead atoms. The first-order chi connectivity index (χ1) is 11.6. The van der Waals surface area contributed by atoms with E-state index in [0.717, 1.165) is 42.1 Å². The summed E-state index contributed by atoms with van der Waals surface area (Å²) in [6.45, 7) is 3.32. The summed E-state index contributed by atoms with van der Waals surface area (Å²) in [7, 11) is 0. The number of aromatic nitrogens is 3. The van der Waals surface area contributed by atoms with Gasteiger partial charge in [0.2, 0.25) is 11.8 Å². The van der Waals surface area contributed by atoms with Gasteiger partial charge in [-0.2, -0.15) is 0 Å². The molecule has 0 spiro atoms. The van der Waals surface area contributed by atoms with Gasteiger partial charge in [-0.15, -0.1) is 10.2 Å². The van der Waals surface area contributed by atoms with Gasteiger partial charge in [0.05, 0.1) is 11.5 Å². The fourth-order valence-corrected chi connectivity index (χ4v) is 4.02. The predicted molar refractivity (Wildman–Crippen MR) is 91.0 cm³/mol. The Balaban J connectivity index is 1.43. The smallest absolute Gasteiger partial charge is 0.288 e. The Labute approximate surface area is 148 Å². The molecule has 0 aromatic carbocycles. The molecular formula is C14H19N5O3S2. The number of carbonyl (C=O) groups excluding carboxylic acids is 3. The second-order valence-electron chi connectivity index (χ2n) is 5.60. The number of amides is 3. The number of hydrogen-bond acceptors (Lipinski definition) is 7. The van der Waals surface area contributed by atoms with Gasteiger partial charge in [0.1, 0.15) is 5.82 Å². The van der Waals surface area contributed by atoms with Crippen molar-refractivity contribution in [2.24, 2.45) is 0 Å². The Morgan fingerprint density at radius 1 is 1.38 bits per heavy atom. The highest BCUT2D eigenvalue weighted by Gasteiger charge is 2.30. The summed E-state index contributed by atoms with van der Waals surface area (Å²) < 4.78 is 2.06. The van der Waals surface area contributed by atoms with Crippen molar-refractivity contribution in [1.82, 2.24) is 25.0 Å². The van der Waals surface area contributed by atoms with Crippen LogP contribution in [-0.4, -0.2) is 61.3 Å². The molecule has 3 amide bonds. The number of carbonyl (C=O) groups is 3. The topological polar surface area (TPSA) is 97.2 Å². The summed E-state index contributed by atoms with van der Waals surface area (Å²) >= 11 is 2.35. The first kappa shape index (κ1) is 17.3. The van der Waals surface area contributed by atoms with Crippen LogP contribution in [0.3, 0.4) is 0 Å². The van der Waals surface area contributed by atoms with E-state index in [1.807, 2.05) is 6.92 Å². The quantitative estimate of drug-likeness (QED) is 0.685. The van der Waals surface area contributed by atoms with Crippen LogP contribution in [-0.2, 0) is 16.1 Å². The average molecular weight is 369 g/mol. The molecule has 0 radical (unpaired) electrons. The van der Waals surface area contributed by atoms with Crippen LogP contribution >= 0.6 is 23.5 Å². The van der Waals surface area contributed by atoms with E-state index in [-0.39, 0.29) is 41.6 Å². The highest BCUT2D eigenvalue weighted by molar-refractivity contribution is 8.14. The first-order valence-corrected chi connectivity index (χ1v) is 9.87. The van der Waals surface area contributed by atoms with Gasteiger partial charge >= 0.3 is 0 Å². The van der Waals surface area contributed by atoms with Crippen LogP contribution in [0, 0.1) is 0 Å². The van der Waals surface area contributed by atoms with E-state index in [1.165, 1.54) is 16.7 Å². The minimum absolute atomic E-state index is 0.148. The minimum atomic E-state index is -0.243. The largest absolute Gasteiger partial charge is 0.354 e. The van der Waals surface area contributed by atoms with Crippen LogP contribution in [0.15, 0.2) is 5.16 Å². The van der Waals surface area contributed by atoms with Crippen LogP contribution < -0.4 is 5.32 Å². The van der Waals surface area contributed by atoms with E-state index < -0.39 is 0 Å². The van der Waals surface area contributed by atoms with Crippen molar-refractivity contribution in [2.75, 3.05) is 24.6 Å². The first-order valence-electron chi connectivity index (χ1n) is 7.90. The van der Waals surface area contributed by atoms with Gasteiger partial charge < -0.3 is 9.88 Å². The van der Waals surface area contributed by atoms with E-state index in [0.29, 0.717) is 5.92 Å². The summed E-state index contributed by atoms with van der Waals surface area (Å²) in [6.07, 6.45) is 2.32. The maximum atomic E-state index is 11.9. The third kappa shape index (κ3) is 3.92. The fourth-order valence-electron chi connectivity index (χ4n) is 2.43. The Bertz CT molecular complexity index is 643. The molecule has 10 heteroatoms. The Morgan fingerprint density at radius 2 is 2.17 bits per heavy atom. The molecule has 8 nitrogen and oxygen atoms in total. The average Bonchev–Trinajstić information content (AvgIpc) is 3.26. The Hall–Kier alpha value is -1.55. The van der Waals surface area contributed by atoms with Gasteiger partial charge in [-0.3, -0.25) is 19.3 Å². The van der Waals surface area contributed by atoms with Crippen LogP contribution in [0.5, 0.6) is 0 Å². The lowest BCUT2D eigenvalue weighted by Gasteiger charge is -2.13. The van der Waals surface area contributed by atoms with Gasteiger partial charge in [0.15, 0.2) is 5.16 Å². The number of hydrogen-bond donors (Lipinski definition) is 1.